The van der Waals surface area contributed by atoms with Gasteiger partial charge < -0.3 is 9.64 Å². The van der Waals surface area contributed by atoms with Gasteiger partial charge in [-0.3, -0.25) is 9.59 Å². The minimum atomic E-state index is -1.01. The number of carbonyl (C=O) groups is 2. The van der Waals surface area contributed by atoms with E-state index in [-0.39, 0.29) is 30.5 Å². The van der Waals surface area contributed by atoms with Gasteiger partial charge in [-0.05, 0) is 50.2 Å². The van der Waals surface area contributed by atoms with Crippen LogP contribution in [-0.4, -0.2) is 24.8 Å². The highest BCUT2D eigenvalue weighted by molar-refractivity contribution is 5.95. The SMILES string of the molecule is CCN(C(=O)COc1ccc(C(C)=O)cc1)c1ccc(F)c(F)c1. The third kappa shape index (κ3) is 4.16. The summed E-state index contributed by atoms with van der Waals surface area (Å²) < 4.78 is 31.7. The first-order valence-electron chi connectivity index (χ1n) is 7.41. The number of nitrogens with zero attached hydrogens (tertiary/aromatic N) is 1. The Labute approximate surface area is 138 Å². The van der Waals surface area contributed by atoms with Gasteiger partial charge in [0, 0.05) is 23.9 Å². The van der Waals surface area contributed by atoms with Crippen LogP contribution in [0.2, 0.25) is 0 Å². The molecule has 0 atom stereocenters. The number of anilines is 1. The number of likely N-dealkylation sites (N-methyl/N-ethyl adjacent to an activating group) is 1. The van der Waals surface area contributed by atoms with E-state index in [2.05, 4.69) is 0 Å². The topological polar surface area (TPSA) is 46.6 Å². The Morgan fingerprint density at radius 3 is 2.25 bits per heavy atom. The van der Waals surface area contributed by atoms with E-state index >= 15 is 0 Å². The number of amides is 1. The van der Waals surface area contributed by atoms with Crippen LogP contribution in [0.3, 0.4) is 0 Å². The molecule has 6 heteroatoms. The summed E-state index contributed by atoms with van der Waals surface area (Å²) >= 11 is 0. The number of ether oxygens (including phenoxy) is 1. The molecule has 2 rings (SSSR count). The van der Waals surface area contributed by atoms with Gasteiger partial charge in [0.1, 0.15) is 5.75 Å². The van der Waals surface area contributed by atoms with Crippen molar-refractivity contribution in [3.05, 3.63) is 59.7 Å². The van der Waals surface area contributed by atoms with E-state index in [1.165, 1.54) is 17.9 Å². The third-order valence-corrected chi connectivity index (χ3v) is 3.46. The molecule has 2 aromatic carbocycles. The van der Waals surface area contributed by atoms with E-state index in [9.17, 15) is 18.4 Å². The minimum Gasteiger partial charge on any atom is -0.484 e. The van der Waals surface area contributed by atoms with Crippen molar-refractivity contribution in [3.63, 3.8) is 0 Å². The van der Waals surface area contributed by atoms with Gasteiger partial charge in [-0.25, -0.2) is 8.78 Å². The van der Waals surface area contributed by atoms with Crippen LogP contribution in [0.4, 0.5) is 14.5 Å². The zero-order chi connectivity index (χ0) is 17.7. The Morgan fingerprint density at radius 1 is 1.04 bits per heavy atom. The van der Waals surface area contributed by atoms with Crippen molar-refractivity contribution < 1.29 is 23.1 Å². The van der Waals surface area contributed by atoms with Crippen LogP contribution in [0.25, 0.3) is 0 Å². The molecule has 0 heterocycles. The highest BCUT2D eigenvalue weighted by Gasteiger charge is 2.16. The number of carbonyl (C=O) groups excluding carboxylic acids is 2. The largest absolute Gasteiger partial charge is 0.484 e. The lowest BCUT2D eigenvalue weighted by atomic mass is 10.1. The third-order valence-electron chi connectivity index (χ3n) is 3.46. The molecule has 0 aromatic heterocycles. The van der Waals surface area contributed by atoms with Crippen LogP contribution in [-0.2, 0) is 4.79 Å². The summed E-state index contributed by atoms with van der Waals surface area (Å²) in [5, 5.41) is 0. The molecule has 0 aliphatic heterocycles. The van der Waals surface area contributed by atoms with Gasteiger partial charge in [0.25, 0.3) is 5.91 Å². The molecule has 0 radical (unpaired) electrons. The Kier molecular flexibility index (Phi) is 5.63. The van der Waals surface area contributed by atoms with Crippen LogP contribution in [0.15, 0.2) is 42.5 Å². The average molecular weight is 333 g/mol. The summed E-state index contributed by atoms with van der Waals surface area (Å²) in [6, 6.07) is 9.68. The van der Waals surface area contributed by atoms with E-state index < -0.39 is 11.6 Å². The molecule has 0 spiro atoms. The molecule has 0 bridgehead atoms. The predicted molar refractivity (Wildman–Crippen MR) is 86.3 cm³/mol. The fourth-order valence-corrected chi connectivity index (χ4v) is 2.16. The summed E-state index contributed by atoms with van der Waals surface area (Å²) in [5.74, 6) is -1.99. The van der Waals surface area contributed by atoms with Crippen molar-refractivity contribution in [1.29, 1.82) is 0 Å². The van der Waals surface area contributed by atoms with Crippen molar-refractivity contribution in [2.75, 3.05) is 18.1 Å². The molecule has 0 saturated carbocycles. The first-order valence-corrected chi connectivity index (χ1v) is 7.41. The molecule has 0 unspecified atom stereocenters. The summed E-state index contributed by atoms with van der Waals surface area (Å²) in [7, 11) is 0. The van der Waals surface area contributed by atoms with Crippen LogP contribution < -0.4 is 9.64 Å². The van der Waals surface area contributed by atoms with Crippen molar-refractivity contribution in [2.24, 2.45) is 0 Å². The lowest BCUT2D eigenvalue weighted by molar-refractivity contribution is -0.120. The number of hydrogen-bond donors (Lipinski definition) is 0. The van der Waals surface area contributed by atoms with Gasteiger partial charge >= 0.3 is 0 Å². The lowest BCUT2D eigenvalue weighted by Gasteiger charge is -2.21. The number of benzene rings is 2. The summed E-state index contributed by atoms with van der Waals surface area (Å²) in [5.41, 5.74) is 0.808. The number of ketones is 1. The first-order chi connectivity index (χ1) is 11.4. The van der Waals surface area contributed by atoms with E-state index in [0.717, 1.165) is 12.1 Å². The predicted octanol–water partition coefficient (Wildman–Crippen LogP) is 3.60. The maximum Gasteiger partial charge on any atom is 0.264 e. The zero-order valence-electron chi connectivity index (χ0n) is 13.4. The van der Waals surface area contributed by atoms with E-state index in [0.29, 0.717) is 11.3 Å². The highest BCUT2D eigenvalue weighted by Crippen LogP contribution is 2.19. The van der Waals surface area contributed by atoms with Gasteiger partial charge in [-0.2, -0.15) is 0 Å². The first kappa shape index (κ1) is 17.6. The standard InChI is InChI=1S/C18H17F2NO3/c1-3-21(14-6-9-16(19)17(20)10-14)18(23)11-24-15-7-4-13(5-8-15)12(2)22/h4-10H,3,11H2,1-2H3. The van der Waals surface area contributed by atoms with E-state index in [1.807, 2.05) is 0 Å². The molecule has 0 aliphatic rings. The van der Waals surface area contributed by atoms with Gasteiger partial charge in [-0.1, -0.05) is 0 Å². The molecule has 0 fully saturated rings. The molecule has 24 heavy (non-hydrogen) atoms. The maximum absolute atomic E-state index is 13.3. The fourth-order valence-electron chi connectivity index (χ4n) is 2.16. The molecule has 0 aliphatic carbocycles. The second kappa shape index (κ2) is 7.68. The van der Waals surface area contributed by atoms with Gasteiger partial charge in [0.15, 0.2) is 24.0 Å². The molecule has 1 amide bonds. The molecule has 0 N–H and O–H groups in total. The van der Waals surface area contributed by atoms with Crippen LogP contribution in [0.5, 0.6) is 5.75 Å². The Balaban J connectivity index is 2.03. The van der Waals surface area contributed by atoms with Gasteiger partial charge in [0.05, 0.1) is 0 Å². The van der Waals surface area contributed by atoms with Crippen molar-refractivity contribution in [1.82, 2.24) is 0 Å². The maximum atomic E-state index is 13.3. The lowest BCUT2D eigenvalue weighted by Crippen LogP contribution is -2.34. The highest BCUT2D eigenvalue weighted by atomic mass is 19.2. The number of rotatable bonds is 6. The summed E-state index contributed by atoms with van der Waals surface area (Å²) in [4.78, 5) is 24.7. The zero-order valence-corrected chi connectivity index (χ0v) is 13.4. The molecule has 126 valence electrons. The van der Waals surface area contributed by atoms with E-state index in [4.69, 9.17) is 4.74 Å². The fraction of sp³-hybridized carbons (Fsp3) is 0.222. The monoisotopic (exact) mass is 333 g/mol. The van der Waals surface area contributed by atoms with Crippen LogP contribution in [0, 0.1) is 11.6 Å². The van der Waals surface area contributed by atoms with Crippen molar-refractivity contribution in [3.8, 4) is 5.75 Å². The molecular formula is C18H17F2NO3. The smallest absolute Gasteiger partial charge is 0.264 e. The summed E-state index contributed by atoms with van der Waals surface area (Å²) in [6.07, 6.45) is 0. The quantitative estimate of drug-likeness (QED) is 0.759. The average Bonchev–Trinajstić information content (AvgIpc) is 2.57. The minimum absolute atomic E-state index is 0.0619. The Morgan fingerprint density at radius 2 is 1.71 bits per heavy atom. The number of halogens is 2. The Bertz CT molecular complexity index is 744. The normalized spacial score (nSPS) is 10.3. The molecule has 2 aromatic rings. The molecular weight excluding hydrogens is 316 g/mol. The van der Waals surface area contributed by atoms with E-state index in [1.54, 1.807) is 31.2 Å². The van der Waals surface area contributed by atoms with Crippen molar-refractivity contribution in [2.45, 2.75) is 13.8 Å². The molecule has 0 saturated heterocycles. The molecule has 4 nitrogen and oxygen atoms in total. The number of Topliss-reactive ketones (excluding diaryl/α,β-unsaturated/α-hetero) is 1. The van der Waals surface area contributed by atoms with Crippen LogP contribution >= 0.6 is 0 Å². The summed E-state index contributed by atoms with van der Waals surface area (Å²) in [6.45, 7) is 3.21. The van der Waals surface area contributed by atoms with Crippen molar-refractivity contribution >= 4 is 17.4 Å². The van der Waals surface area contributed by atoms with Crippen LogP contribution in [0.1, 0.15) is 24.2 Å². The van der Waals surface area contributed by atoms with Gasteiger partial charge in [0.2, 0.25) is 0 Å². The Hall–Kier alpha value is -2.76. The second-order valence-electron chi connectivity index (χ2n) is 5.11. The second-order valence-corrected chi connectivity index (χ2v) is 5.11. The van der Waals surface area contributed by atoms with Gasteiger partial charge in [-0.15, -0.1) is 0 Å². The number of hydrogen-bond acceptors (Lipinski definition) is 3.